The van der Waals surface area contributed by atoms with Gasteiger partial charge in [-0.25, -0.2) is 4.79 Å². The van der Waals surface area contributed by atoms with Crippen molar-refractivity contribution in [3.63, 3.8) is 0 Å². The highest BCUT2D eigenvalue weighted by Gasteiger charge is 2.50. The minimum atomic E-state index is -1.09. The Morgan fingerprint density at radius 2 is 1.84 bits per heavy atom. The van der Waals surface area contributed by atoms with Crippen molar-refractivity contribution >= 4 is 34.9 Å². The van der Waals surface area contributed by atoms with Crippen LogP contribution < -0.4 is 5.32 Å². The molecule has 9 nitrogen and oxygen atoms in total. The summed E-state index contributed by atoms with van der Waals surface area (Å²) in [6.45, 7) is 1.15. The number of aliphatic hydroxyl groups is 2. The number of fused-ring (bicyclic) bond motifs is 3. The van der Waals surface area contributed by atoms with Gasteiger partial charge in [0.1, 0.15) is 17.3 Å². The van der Waals surface area contributed by atoms with Crippen LogP contribution >= 0.6 is 0 Å². The van der Waals surface area contributed by atoms with E-state index in [0.29, 0.717) is 17.7 Å². The number of aliphatic hydroxyl groups excluding tert-OH is 2. The molecule has 9 heteroatoms. The van der Waals surface area contributed by atoms with E-state index in [1.54, 1.807) is 0 Å². The molecule has 31 heavy (non-hydrogen) atoms. The molecule has 0 saturated heterocycles. The number of benzene rings is 1. The summed E-state index contributed by atoms with van der Waals surface area (Å²) >= 11 is 0. The molecule has 162 valence electrons. The molecule has 1 aromatic rings. The van der Waals surface area contributed by atoms with Gasteiger partial charge in [-0.2, -0.15) is 0 Å². The van der Waals surface area contributed by atoms with Gasteiger partial charge in [0.25, 0.3) is 0 Å². The molecule has 4 N–H and O–H groups in total. The smallest absolute Gasteiger partial charge is 0.411 e. The van der Waals surface area contributed by atoms with Crippen LogP contribution in [0.5, 0.6) is 5.75 Å². The number of allylic oxidation sites excluding steroid dienone is 3. The lowest BCUT2D eigenvalue weighted by Crippen LogP contribution is -2.43. The van der Waals surface area contributed by atoms with Gasteiger partial charge >= 0.3 is 6.09 Å². The molecule has 0 aromatic heterocycles. The van der Waals surface area contributed by atoms with Gasteiger partial charge in [0, 0.05) is 17.7 Å². The molecule has 3 aliphatic carbocycles. The number of anilines is 1. The number of ketones is 3. The van der Waals surface area contributed by atoms with Crippen LogP contribution in [0.3, 0.4) is 0 Å². The SMILES string of the molecule is COC(=O)Nc1ccc(O)c2c1CC1CC3CC(=O)C(C(C)=O)=C(O)C3C(=O)C1=C2O. The first-order chi connectivity index (χ1) is 14.6. The quantitative estimate of drug-likeness (QED) is 0.415. The fourth-order valence-electron chi connectivity index (χ4n) is 5.03. The molecule has 3 unspecified atom stereocenters. The Kier molecular flexibility index (Phi) is 4.83. The van der Waals surface area contributed by atoms with Gasteiger partial charge in [-0.1, -0.05) is 0 Å². The van der Waals surface area contributed by atoms with E-state index in [2.05, 4.69) is 10.1 Å². The first kappa shape index (κ1) is 20.6. The molecule has 0 radical (unpaired) electrons. The topological polar surface area (TPSA) is 150 Å². The van der Waals surface area contributed by atoms with Crippen LogP contribution in [0, 0.1) is 17.8 Å². The van der Waals surface area contributed by atoms with Crippen LogP contribution in [0.25, 0.3) is 5.76 Å². The van der Waals surface area contributed by atoms with E-state index >= 15 is 0 Å². The van der Waals surface area contributed by atoms with Gasteiger partial charge in [-0.05, 0) is 49.3 Å². The van der Waals surface area contributed by atoms with Crippen LogP contribution in [-0.2, 0) is 25.5 Å². The van der Waals surface area contributed by atoms with Crippen LogP contribution in [0.1, 0.15) is 30.9 Å². The summed E-state index contributed by atoms with van der Waals surface area (Å²) in [6, 6.07) is 2.75. The van der Waals surface area contributed by atoms with Crippen molar-refractivity contribution in [2.24, 2.45) is 17.8 Å². The lowest BCUT2D eigenvalue weighted by atomic mass is 9.61. The number of nitrogens with one attached hydrogen (secondary N) is 1. The van der Waals surface area contributed by atoms with Gasteiger partial charge in [-0.3, -0.25) is 19.7 Å². The Morgan fingerprint density at radius 3 is 2.48 bits per heavy atom. The van der Waals surface area contributed by atoms with E-state index in [1.807, 2.05) is 0 Å². The number of phenolic OH excluding ortho intramolecular Hbond substituents is 1. The Morgan fingerprint density at radius 1 is 1.13 bits per heavy atom. The third-order valence-electron chi connectivity index (χ3n) is 6.30. The molecule has 3 aliphatic rings. The summed E-state index contributed by atoms with van der Waals surface area (Å²) in [7, 11) is 1.20. The molecule has 1 saturated carbocycles. The first-order valence-electron chi connectivity index (χ1n) is 9.80. The van der Waals surface area contributed by atoms with Crippen LogP contribution in [0.15, 0.2) is 29.0 Å². The average Bonchev–Trinajstić information content (AvgIpc) is 2.68. The largest absolute Gasteiger partial charge is 0.511 e. The summed E-state index contributed by atoms with van der Waals surface area (Å²) in [4.78, 5) is 49.2. The Bertz CT molecular complexity index is 1110. The van der Waals surface area contributed by atoms with Crippen molar-refractivity contribution in [2.45, 2.75) is 26.2 Å². The standard InChI is InChI=1S/C22H21NO8/c1-8(24)15-14(26)7-10-5-9-6-11-12(23-22(30)31-2)3-4-13(25)18(11)21(29)16(9)20(28)17(10)19(15)27/h3-4,9-10,17,25,27,29H,5-7H2,1-2H3,(H,23,30). The van der Waals surface area contributed by atoms with Crippen LogP contribution in [0.4, 0.5) is 10.5 Å². The zero-order valence-electron chi connectivity index (χ0n) is 16.9. The van der Waals surface area contributed by atoms with Gasteiger partial charge in [-0.15, -0.1) is 0 Å². The zero-order valence-corrected chi connectivity index (χ0v) is 16.9. The van der Waals surface area contributed by atoms with E-state index in [0.717, 1.165) is 6.92 Å². The maximum atomic E-state index is 13.3. The molecule has 1 aromatic carbocycles. The Hall–Kier alpha value is -3.62. The third kappa shape index (κ3) is 3.08. The summed E-state index contributed by atoms with van der Waals surface area (Å²) in [5.74, 6) is -5.03. The van der Waals surface area contributed by atoms with E-state index < -0.39 is 52.7 Å². The second kappa shape index (κ2) is 7.26. The fraction of sp³-hybridized carbons (Fsp3) is 0.364. The first-order valence-corrected chi connectivity index (χ1v) is 9.80. The molecular weight excluding hydrogens is 406 g/mol. The number of methoxy groups -OCH3 is 1. The summed E-state index contributed by atoms with van der Waals surface area (Å²) < 4.78 is 4.61. The average molecular weight is 427 g/mol. The Labute approximate surface area is 177 Å². The number of ether oxygens (including phenoxy) is 1. The number of carbonyl (C=O) groups is 4. The third-order valence-corrected chi connectivity index (χ3v) is 6.30. The van der Waals surface area contributed by atoms with Gasteiger partial charge in [0.15, 0.2) is 17.3 Å². The van der Waals surface area contributed by atoms with Gasteiger partial charge in [0.05, 0.1) is 24.2 Å². The minimum Gasteiger partial charge on any atom is -0.511 e. The number of carbonyl (C=O) groups excluding carboxylic acids is 4. The second-order valence-corrected chi connectivity index (χ2v) is 8.05. The molecule has 1 amide bonds. The number of hydrogen-bond acceptors (Lipinski definition) is 8. The van der Waals surface area contributed by atoms with Crippen LogP contribution in [-0.4, -0.2) is 45.9 Å². The maximum Gasteiger partial charge on any atom is 0.411 e. The number of phenols is 1. The number of rotatable bonds is 2. The van der Waals surface area contributed by atoms with E-state index in [4.69, 9.17) is 0 Å². The lowest BCUT2D eigenvalue weighted by molar-refractivity contribution is -0.127. The van der Waals surface area contributed by atoms with E-state index in [9.17, 15) is 34.5 Å². The second-order valence-electron chi connectivity index (χ2n) is 8.05. The Balaban J connectivity index is 1.85. The predicted octanol–water partition coefficient (Wildman–Crippen LogP) is 2.59. The molecular formula is C22H21NO8. The zero-order chi connectivity index (χ0) is 22.6. The van der Waals surface area contributed by atoms with Gasteiger partial charge in [0.2, 0.25) is 0 Å². The lowest BCUT2D eigenvalue weighted by Gasteiger charge is -2.41. The van der Waals surface area contributed by atoms with Crippen molar-refractivity contribution in [3.8, 4) is 5.75 Å². The highest BCUT2D eigenvalue weighted by molar-refractivity contribution is 6.22. The minimum absolute atomic E-state index is 0.0223. The highest BCUT2D eigenvalue weighted by Crippen LogP contribution is 2.51. The number of Topliss-reactive ketones (excluding diaryl/α,β-unsaturated/α-hetero) is 3. The van der Waals surface area contributed by atoms with Gasteiger partial charge < -0.3 is 20.1 Å². The normalized spacial score (nSPS) is 24.9. The predicted molar refractivity (Wildman–Crippen MR) is 107 cm³/mol. The molecule has 0 bridgehead atoms. The van der Waals surface area contributed by atoms with E-state index in [-0.39, 0.29) is 35.3 Å². The molecule has 1 fully saturated rings. The van der Waals surface area contributed by atoms with Crippen molar-refractivity contribution < 1.29 is 39.2 Å². The maximum absolute atomic E-state index is 13.3. The van der Waals surface area contributed by atoms with Crippen molar-refractivity contribution in [1.82, 2.24) is 0 Å². The molecule has 3 atom stereocenters. The van der Waals surface area contributed by atoms with Crippen molar-refractivity contribution in [1.29, 1.82) is 0 Å². The molecule has 4 rings (SSSR count). The van der Waals surface area contributed by atoms with Crippen molar-refractivity contribution in [3.05, 3.63) is 40.2 Å². The number of hydrogen-bond donors (Lipinski definition) is 4. The number of aromatic hydroxyl groups is 1. The molecule has 0 heterocycles. The summed E-state index contributed by atoms with van der Waals surface area (Å²) in [5, 5.41) is 34.4. The summed E-state index contributed by atoms with van der Waals surface area (Å²) in [6.07, 6.45) is -0.258. The monoisotopic (exact) mass is 427 g/mol. The number of amides is 1. The molecule has 0 aliphatic heterocycles. The fourth-order valence-corrected chi connectivity index (χ4v) is 5.03. The van der Waals surface area contributed by atoms with Crippen LogP contribution in [0.2, 0.25) is 0 Å². The van der Waals surface area contributed by atoms with E-state index in [1.165, 1.54) is 19.2 Å². The molecule has 0 spiro atoms. The highest BCUT2D eigenvalue weighted by atomic mass is 16.5. The summed E-state index contributed by atoms with van der Waals surface area (Å²) in [5.41, 5.74) is 0.462. The van der Waals surface area contributed by atoms with Crippen molar-refractivity contribution in [2.75, 3.05) is 12.4 Å².